The topological polar surface area (TPSA) is 58.4 Å². The quantitative estimate of drug-likeness (QED) is 0.895. The van der Waals surface area contributed by atoms with Crippen molar-refractivity contribution in [3.8, 4) is 0 Å². The molecule has 0 aliphatic carbocycles. The van der Waals surface area contributed by atoms with E-state index in [9.17, 15) is 4.79 Å². The Labute approximate surface area is 119 Å². The van der Waals surface area contributed by atoms with Crippen LogP contribution in [0.4, 0.5) is 10.7 Å². The molecule has 0 saturated carbocycles. The summed E-state index contributed by atoms with van der Waals surface area (Å²) in [5, 5.41) is 3.93. The molecule has 1 aromatic rings. The number of carbonyl (C=O) groups is 1. The molecule has 0 radical (unpaired) electrons. The number of amides is 1. The third-order valence-corrected chi connectivity index (χ3v) is 5.15. The summed E-state index contributed by atoms with van der Waals surface area (Å²) in [6.07, 6.45) is 1.20. The van der Waals surface area contributed by atoms with Crippen LogP contribution < -0.4 is 16.0 Å². The van der Waals surface area contributed by atoms with Gasteiger partial charge in [0.25, 0.3) is 5.91 Å². The third kappa shape index (κ3) is 3.03. The van der Waals surface area contributed by atoms with Crippen LogP contribution in [0.15, 0.2) is 6.07 Å². The highest BCUT2D eigenvalue weighted by Gasteiger charge is 2.25. The molecule has 2 atom stereocenters. The molecule has 1 aliphatic heterocycles. The summed E-state index contributed by atoms with van der Waals surface area (Å²) < 4.78 is 0. The van der Waals surface area contributed by atoms with E-state index in [1.165, 1.54) is 17.8 Å². The summed E-state index contributed by atoms with van der Waals surface area (Å²) in [6.45, 7) is 9.25. The fourth-order valence-corrected chi connectivity index (χ4v) is 3.46. The van der Waals surface area contributed by atoms with Gasteiger partial charge in [-0.2, -0.15) is 0 Å². The predicted octanol–water partition coefficient (Wildman–Crippen LogP) is 2.56. The van der Waals surface area contributed by atoms with Crippen molar-refractivity contribution >= 4 is 27.9 Å². The molecule has 0 spiro atoms. The Morgan fingerprint density at radius 2 is 2.26 bits per heavy atom. The molecular formula is C14H23N3OS. The van der Waals surface area contributed by atoms with Gasteiger partial charge in [0.15, 0.2) is 0 Å². The Morgan fingerprint density at radius 3 is 2.89 bits per heavy atom. The van der Waals surface area contributed by atoms with Gasteiger partial charge in [-0.15, -0.1) is 11.3 Å². The van der Waals surface area contributed by atoms with Crippen LogP contribution in [0, 0.1) is 11.8 Å². The van der Waals surface area contributed by atoms with Crippen molar-refractivity contribution in [1.82, 2.24) is 5.32 Å². The van der Waals surface area contributed by atoms with E-state index in [4.69, 9.17) is 5.73 Å². The first-order chi connectivity index (χ1) is 9.02. The van der Waals surface area contributed by atoms with Crippen molar-refractivity contribution in [2.45, 2.75) is 27.2 Å². The number of nitrogens with two attached hydrogens (primary N) is 1. The van der Waals surface area contributed by atoms with Crippen molar-refractivity contribution in [1.29, 1.82) is 0 Å². The van der Waals surface area contributed by atoms with Gasteiger partial charge in [-0.1, -0.05) is 13.8 Å². The Bertz CT molecular complexity index is 458. The van der Waals surface area contributed by atoms with Crippen LogP contribution in [0.25, 0.3) is 0 Å². The number of thiophene rings is 1. The Hall–Kier alpha value is -1.23. The van der Waals surface area contributed by atoms with Gasteiger partial charge in [-0.3, -0.25) is 4.79 Å². The highest BCUT2D eigenvalue weighted by Crippen LogP contribution is 2.35. The number of nitrogen functional groups attached to an aromatic ring is 1. The minimum atomic E-state index is -0.0605. The molecule has 4 nitrogen and oxygen atoms in total. The summed E-state index contributed by atoms with van der Waals surface area (Å²) >= 11 is 1.51. The summed E-state index contributed by atoms with van der Waals surface area (Å²) in [4.78, 5) is 14.9. The van der Waals surface area contributed by atoms with Gasteiger partial charge < -0.3 is 16.0 Å². The van der Waals surface area contributed by atoms with Crippen LogP contribution in [-0.4, -0.2) is 25.5 Å². The largest absolute Gasteiger partial charge is 0.397 e. The molecule has 3 N–H and O–H groups in total. The summed E-state index contributed by atoms with van der Waals surface area (Å²) in [5.74, 6) is 1.40. The van der Waals surface area contributed by atoms with E-state index < -0.39 is 0 Å². The molecule has 1 amide bonds. The Kier molecular flexibility index (Phi) is 4.34. The van der Waals surface area contributed by atoms with Gasteiger partial charge in [0.2, 0.25) is 0 Å². The Morgan fingerprint density at radius 1 is 1.53 bits per heavy atom. The highest BCUT2D eigenvalue weighted by molar-refractivity contribution is 7.18. The molecule has 2 heterocycles. The van der Waals surface area contributed by atoms with E-state index in [0.717, 1.165) is 24.0 Å². The van der Waals surface area contributed by atoms with E-state index in [1.807, 2.05) is 13.0 Å². The highest BCUT2D eigenvalue weighted by atomic mass is 32.1. The molecule has 1 aromatic heterocycles. The lowest BCUT2D eigenvalue weighted by Crippen LogP contribution is -2.37. The number of piperidine rings is 1. The standard InChI is InChI=1S/C14H23N3OS/c1-4-16-14(18)13-11(15)7-12(19-13)17-6-5-9(2)10(3)8-17/h7,9-10H,4-6,8,15H2,1-3H3,(H,16,18). The zero-order valence-electron chi connectivity index (χ0n) is 11.9. The number of anilines is 2. The average Bonchev–Trinajstić information content (AvgIpc) is 2.75. The fraction of sp³-hybridized carbons (Fsp3) is 0.643. The lowest BCUT2D eigenvalue weighted by molar-refractivity contribution is 0.0960. The monoisotopic (exact) mass is 281 g/mol. The lowest BCUT2D eigenvalue weighted by atomic mass is 9.89. The molecule has 0 aromatic carbocycles. The minimum Gasteiger partial charge on any atom is -0.397 e. The SMILES string of the molecule is CCNC(=O)c1sc(N2CCC(C)C(C)C2)cc1N. The smallest absolute Gasteiger partial charge is 0.263 e. The molecule has 0 bridgehead atoms. The van der Waals surface area contributed by atoms with Crippen LogP contribution in [-0.2, 0) is 0 Å². The number of carbonyl (C=O) groups excluding carboxylic acids is 1. The van der Waals surface area contributed by atoms with Crippen molar-refractivity contribution in [2.24, 2.45) is 11.8 Å². The first-order valence-corrected chi connectivity index (χ1v) is 7.77. The molecule has 1 aliphatic rings. The number of nitrogens with zero attached hydrogens (tertiary/aromatic N) is 1. The molecule has 2 unspecified atom stereocenters. The second-order valence-corrected chi connectivity index (χ2v) is 6.45. The van der Waals surface area contributed by atoms with E-state index >= 15 is 0 Å². The maximum absolute atomic E-state index is 11.9. The summed E-state index contributed by atoms with van der Waals surface area (Å²) in [7, 11) is 0. The van der Waals surface area contributed by atoms with Crippen LogP contribution in [0.5, 0.6) is 0 Å². The first-order valence-electron chi connectivity index (χ1n) is 6.95. The van der Waals surface area contributed by atoms with Crippen LogP contribution in [0.3, 0.4) is 0 Å². The fourth-order valence-electron chi connectivity index (χ4n) is 2.43. The second-order valence-electron chi connectivity index (χ2n) is 5.42. The summed E-state index contributed by atoms with van der Waals surface area (Å²) in [6, 6.07) is 1.94. The van der Waals surface area contributed by atoms with E-state index in [0.29, 0.717) is 23.0 Å². The molecule has 5 heteroatoms. The molecule has 2 rings (SSSR count). The molecular weight excluding hydrogens is 258 g/mol. The molecule has 1 fully saturated rings. The normalized spacial score (nSPS) is 23.4. The van der Waals surface area contributed by atoms with E-state index in [2.05, 4.69) is 24.1 Å². The third-order valence-electron chi connectivity index (χ3n) is 3.94. The van der Waals surface area contributed by atoms with Gasteiger partial charge in [-0.25, -0.2) is 0 Å². The van der Waals surface area contributed by atoms with Gasteiger partial charge in [0.1, 0.15) is 4.88 Å². The van der Waals surface area contributed by atoms with Gasteiger partial charge >= 0.3 is 0 Å². The lowest BCUT2D eigenvalue weighted by Gasteiger charge is -2.35. The van der Waals surface area contributed by atoms with E-state index in [-0.39, 0.29) is 5.91 Å². The van der Waals surface area contributed by atoms with E-state index in [1.54, 1.807) is 0 Å². The number of hydrogen-bond acceptors (Lipinski definition) is 4. The number of rotatable bonds is 3. The second kappa shape index (κ2) is 5.82. The van der Waals surface area contributed by atoms with Gasteiger partial charge in [-0.05, 0) is 31.2 Å². The van der Waals surface area contributed by atoms with Crippen LogP contribution in [0.2, 0.25) is 0 Å². The average molecular weight is 281 g/mol. The Balaban J connectivity index is 2.14. The van der Waals surface area contributed by atoms with Crippen molar-refractivity contribution in [2.75, 3.05) is 30.3 Å². The maximum atomic E-state index is 11.9. The van der Waals surface area contributed by atoms with Crippen LogP contribution in [0.1, 0.15) is 36.9 Å². The number of hydrogen-bond donors (Lipinski definition) is 2. The minimum absolute atomic E-state index is 0.0605. The maximum Gasteiger partial charge on any atom is 0.263 e. The van der Waals surface area contributed by atoms with Crippen molar-refractivity contribution < 1.29 is 4.79 Å². The molecule has 19 heavy (non-hydrogen) atoms. The van der Waals surface area contributed by atoms with Crippen LogP contribution >= 0.6 is 11.3 Å². The van der Waals surface area contributed by atoms with Gasteiger partial charge in [0, 0.05) is 19.6 Å². The predicted molar refractivity (Wildman–Crippen MR) is 81.9 cm³/mol. The molecule has 1 saturated heterocycles. The van der Waals surface area contributed by atoms with Crippen molar-refractivity contribution in [3.63, 3.8) is 0 Å². The zero-order valence-corrected chi connectivity index (χ0v) is 12.7. The number of nitrogens with one attached hydrogen (secondary N) is 1. The first kappa shape index (κ1) is 14.2. The summed E-state index contributed by atoms with van der Waals surface area (Å²) in [5.41, 5.74) is 6.56. The molecule has 106 valence electrons. The van der Waals surface area contributed by atoms with Gasteiger partial charge in [0.05, 0.1) is 10.7 Å². The van der Waals surface area contributed by atoms with Crippen molar-refractivity contribution in [3.05, 3.63) is 10.9 Å². The zero-order chi connectivity index (χ0) is 14.0.